The summed E-state index contributed by atoms with van der Waals surface area (Å²) in [6.07, 6.45) is 4.27. The van der Waals surface area contributed by atoms with Gasteiger partial charge in [-0.3, -0.25) is 9.59 Å². The van der Waals surface area contributed by atoms with Gasteiger partial charge < -0.3 is 9.80 Å². The first-order valence-electron chi connectivity index (χ1n) is 10.2. The van der Waals surface area contributed by atoms with Gasteiger partial charge in [0.05, 0.1) is 10.1 Å². The van der Waals surface area contributed by atoms with Gasteiger partial charge in [0, 0.05) is 38.0 Å². The number of carbonyl (C=O) groups is 2. The lowest BCUT2D eigenvalue weighted by molar-refractivity contribution is -0.143. The van der Waals surface area contributed by atoms with E-state index in [1.54, 1.807) is 36.1 Å². The molecular formula is C21H28N2O4S. The van der Waals surface area contributed by atoms with Crippen molar-refractivity contribution in [1.82, 2.24) is 9.80 Å². The van der Waals surface area contributed by atoms with Crippen LogP contribution in [0.25, 0.3) is 0 Å². The van der Waals surface area contributed by atoms with Crippen LogP contribution >= 0.6 is 0 Å². The van der Waals surface area contributed by atoms with Gasteiger partial charge >= 0.3 is 0 Å². The van der Waals surface area contributed by atoms with Crippen molar-refractivity contribution < 1.29 is 18.0 Å². The van der Waals surface area contributed by atoms with Crippen LogP contribution in [0, 0.1) is 5.92 Å². The Morgan fingerprint density at radius 3 is 2.04 bits per heavy atom. The van der Waals surface area contributed by atoms with Gasteiger partial charge in [0.2, 0.25) is 11.8 Å². The molecule has 152 valence electrons. The molecule has 3 fully saturated rings. The molecule has 7 heteroatoms. The SMILES string of the molecule is CC(=O)N1CCC(C(=O)N2C3CCC2CC(S(=O)(=O)c2ccccc2)C3)CC1. The van der Waals surface area contributed by atoms with Crippen molar-refractivity contribution >= 4 is 21.7 Å². The van der Waals surface area contributed by atoms with E-state index in [9.17, 15) is 18.0 Å². The molecule has 1 aromatic rings. The third kappa shape index (κ3) is 3.45. The van der Waals surface area contributed by atoms with Crippen LogP contribution in [-0.2, 0) is 19.4 Å². The lowest BCUT2D eigenvalue weighted by atomic mass is 9.92. The summed E-state index contributed by atoms with van der Waals surface area (Å²) in [6.45, 7) is 2.85. The highest BCUT2D eigenvalue weighted by Crippen LogP contribution is 2.41. The average molecular weight is 405 g/mol. The molecule has 28 heavy (non-hydrogen) atoms. The predicted molar refractivity (Wildman–Crippen MR) is 105 cm³/mol. The first kappa shape index (κ1) is 19.4. The minimum Gasteiger partial charge on any atom is -0.343 e. The Balaban J connectivity index is 1.45. The van der Waals surface area contributed by atoms with Gasteiger partial charge in [0.25, 0.3) is 0 Å². The van der Waals surface area contributed by atoms with Gasteiger partial charge in [-0.15, -0.1) is 0 Å². The standard InChI is InChI=1S/C21H28N2O4S/c1-15(24)22-11-9-16(10-12-22)21(25)23-17-7-8-18(23)14-20(13-17)28(26,27)19-5-3-2-4-6-19/h2-6,16-18,20H,7-14H2,1H3. The highest BCUT2D eigenvalue weighted by atomic mass is 32.2. The molecule has 3 aliphatic rings. The van der Waals surface area contributed by atoms with Crippen LogP contribution in [0.1, 0.15) is 45.4 Å². The second kappa shape index (κ2) is 7.50. The van der Waals surface area contributed by atoms with Crippen LogP contribution in [0.5, 0.6) is 0 Å². The summed E-state index contributed by atoms with van der Waals surface area (Å²) in [7, 11) is -3.36. The Hall–Kier alpha value is -1.89. The number of fused-ring (bicyclic) bond motifs is 2. The fraction of sp³-hybridized carbons (Fsp3) is 0.619. The van der Waals surface area contributed by atoms with E-state index in [0.717, 1.165) is 12.8 Å². The van der Waals surface area contributed by atoms with Crippen molar-refractivity contribution in [2.45, 2.75) is 67.7 Å². The largest absolute Gasteiger partial charge is 0.343 e. The first-order chi connectivity index (χ1) is 13.4. The Kier molecular flexibility index (Phi) is 5.21. The molecule has 0 aromatic heterocycles. The molecule has 2 bridgehead atoms. The third-order valence-corrected chi connectivity index (χ3v) is 8.94. The number of hydrogen-bond acceptors (Lipinski definition) is 4. The van der Waals surface area contributed by atoms with Gasteiger partial charge in [-0.05, 0) is 50.7 Å². The normalized spacial score (nSPS) is 28.4. The Morgan fingerprint density at radius 2 is 1.50 bits per heavy atom. The molecule has 0 spiro atoms. The maximum atomic E-state index is 13.2. The second-order valence-electron chi connectivity index (χ2n) is 8.36. The Morgan fingerprint density at radius 1 is 0.929 bits per heavy atom. The number of likely N-dealkylation sites (tertiary alicyclic amines) is 1. The number of sulfone groups is 1. The van der Waals surface area contributed by atoms with E-state index in [0.29, 0.717) is 43.7 Å². The molecule has 3 heterocycles. The highest BCUT2D eigenvalue weighted by Gasteiger charge is 2.48. The second-order valence-corrected chi connectivity index (χ2v) is 10.6. The summed E-state index contributed by atoms with van der Waals surface area (Å²) in [4.78, 5) is 28.9. The van der Waals surface area contributed by atoms with E-state index in [2.05, 4.69) is 0 Å². The molecule has 2 atom stereocenters. The number of benzene rings is 1. The van der Waals surface area contributed by atoms with Gasteiger partial charge in [-0.2, -0.15) is 0 Å². The van der Waals surface area contributed by atoms with E-state index in [-0.39, 0.29) is 29.8 Å². The van der Waals surface area contributed by atoms with Crippen LogP contribution in [-0.4, -0.2) is 60.5 Å². The third-order valence-electron chi connectivity index (χ3n) is 6.74. The molecule has 0 aliphatic carbocycles. The van der Waals surface area contributed by atoms with E-state index in [1.165, 1.54) is 0 Å². The lowest BCUT2D eigenvalue weighted by Crippen LogP contribution is -2.53. The van der Waals surface area contributed by atoms with Crippen LogP contribution in [0.15, 0.2) is 35.2 Å². The summed E-state index contributed by atoms with van der Waals surface area (Å²) in [5.41, 5.74) is 0. The highest BCUT2D eigenvalue weighted by molar-refractivity contribution is 7.92. The zero-order valence-corrected chi connectivity index (χ0v) is 17.1. The summed E-state index contributed by atoms with van der Waals surface area (Å²) < 4.78 is 26.1. The molecular weight excluding hydrogens is 376 g/mol. The monoisotopic (exact) mass is 404 g/mol. The quantitative estimate of drug-likeness (QED) is 0.774. The fourth-order valence-electron chi connectivity index (χ4n) is 5.20. The Bertz CT molecular complexity index is 832. The van der Waals surface area contributed by atoms with Crippen LogP contribution in [0.4, 0.5) is 0 Å². The fourth-order valence-corrected chi connectivity index (χ4v) is 7.07. The van der Waals surface area contributed by atoms with Crippen LogP contribution in [0.2, 0.25) is 0 Å². The zero-order valence-electron chi connectivity index (χ0n) is 16.3. The minimum atomic E-state index is -3.36. The minimum absolute atomic E-state index is 0.0283. The van der Waals surface area contributed by atoms with Gasteiger partial charge in [-0.1, -0.05) is 18.2 Å². The molecule has 3 aliphatic heterocycles. The predicted octanol–water partition coefficient (Wildman–Crippen LogP) is 2.24. The molecule has 3 saturated heterocycles. The zero-order chi connectivity index (χ0) is 19.9. The number of rotatable bonds is 3. The molecule has 0 N–H and O–H groups in total. The lowest BCUT2D eigenvalue weighted by Gasteiger charge is -2.41. The number of nitrogens with zero attached hydrogens (tertiary/aromatic N) is 2. The van der Waals surface area contributed by atoms with Gasteiger partial charge in [-0.25, -0.2) is 8.42 Å². The molecule has 2 unspecified atom stereocenters. The first-order valence-corrected chi connectivity index (χ1v) is 11.8. The molecule has 0 saturated carbocycles. The van der Waals surface area contributed by atoms with Crippen molar-refractivity contribution in [3.63, 3.8) is 0 Å². The number of piperidine rings is 2. The van der Waals surface area contributed by atoms with Crippen molar-refractivity contribution in [1.29, 1.82) is 0 Å². The van der Waals surface area contributed by atoms with E-state index in [4.69, 9.17) is 0 Å². The summed E-state index contributed by atoms with van der Waals surface area (Å²) >= 11 is 0. The molecule has 6 nitrogen and oxygen atoms in total. The van der Waals surface area contributed by atoms with E-state index in [1.807, 2.05) is 11.0 Å². The van der Waals surface area contributed by atoms with Crippen molar-refractivity contribution in [2.75, 3.05) is 13.1 Å². The summed E-state index contributed by atoms with van der Waals surface area (Å²) in [6, 6.07) is 8.72. The molecule has 2 amide bonds. The average Bonchev–Trinajstić information content (AvgIpc) is 2.97. The Labute approximate surface area is 166 Å². The van der Waals surface area contributed by atoms with E-state index < -0.39 is 15.1 Å². The summed E-state index contributed by atoms with van der Waals surface area (Å²) in [5.74, 6) is 0.199. The van der Waals surface area contributed by atoms with Crippen molar-refractivity contribution in [2.24, 2.45) is 5.92 Å². The maximum Gasteiger partial charge on any atom is 0.226 e. The van der Waals surface area contributed by atoms with Gasteiger partial charge in [0.15, 0.2) is 9.84 Å². The van der Waals surface area contributed by atoms with Crippen LogP contribution < -0.4 is 0 Å². The van der Waals surface area contributed by atoms with Crippen molar-refractivity contribution in [3.8, 4) is 0 Å². The smallest absolute Gasteiger partial charge is 0.226 e. The molecule has 1 aromatic carbocycles. The summed E-state index contributed by atoms with van der Waals surface area (Å²) in [5, 5.41) is -0.406. The maximum absolute atomic E-state index is 13.2. The van der Waals surface area contributed by atoms with Crippen molar-refractivity contribution in [3.05, 3.63) is 30.3 Å². The number of carbonyl (C=O) groups excluding carboxylic acids is 2. The molecule has 0 radical (unpaired) electrons. The van der Waals surface area contributed by atoms with Gasteiger partial charge in [0.1, 0.15) is 0 Å². The molecule has 4 rings (SSSR count). The van der Waals surface area contributed by atoms with Crippen LogP contribution in [0.3, 0.4) is 0 Å². The number of hydrogen-bond donors (Lipinski definition) is 0. The topological polar surface area (TPSA) is 74.8 Å². The number of amides is 2. The van der Waals surface area contributed by atoms with E-state index >= 15 is 0 Å².